The van der Waals surface area contributed by atoms with Crippen molar-refractivity contribution < 1.29 is 4.74 Å². The van der Waals surface area contributed by atoms with E-state index in [9.17, 15) is 0 Å². The first-order valence-electron chi connectivity index (χ1n) is 6.23. The van der Waals surface area contributed by atoms with E-state index in [4.69, 9.17) is 4.74 Å². The second-order valence-corrected chi connectivity index (χ2v) is 4.36. The van der Waals surface area contributed by atoms with Crippen LogP contribution in [0.15, 0.2) is 24.3 Å². The summed E-state index contributed by atoms with van der Waals surface area (Å²) in [6.45, 7) is 3.23. The van der Waals surface area contributed by atoms with Gasteiger partial charge in [0.15, 0.2) is 0 Å². The normalized spacial score (nSPS) is 12.2. The van der Waals surface area contributed by atoms with E-state index in [1.54, 1.807) is 7.11 Å². The molecule has 1 unspecified atom stereocenters. The van der Waals surface area contributed by atoms with Gasteiger partial charge in [-0.2, -0.15) is 0 Å². The summed E-state index contributed by atoms with van der Waals surface area (Å²) in [7, 11) is 5.85. The van der Waals surface area contributed by atoms with Crippen molar-refractivity contribution in [1.29, 1.82) is 0 Å². The lowest BCUT2D eigenvalue weighted by Gasteiger charge is -2.25. The molecule has 96 valence electrons. The first kappa shape index (κ1) is 13.8. The number of ether oxygens (including phenoxy) is 1. The number of nitrogens with one attached hydrogen (secondary N) is 1. The van der Waals surface area contributed by atoms with Crippen molar-refractivity contribution in [3.05, 3.63) is 24.3 Å². The molecule has 0 spiro atoms. The standard InChI is InChI=1S/C14H24N2O/c1-5-7-12(15-2)11-16(3)13-8-6-9-14(10-13)17-4/h6,8-10,12,15H,5,7,11H2,1-4H3. The Morgan fingerprint density at radius 3 is 2.76 bits per heavy atom. The van der Waals surface area contributed by atoms with E-state index in [1.807, 2.05) is 19.2 Å². The fraction of sp³-hybridized carbons (Fsp3) is 0.571. The van der Waals surface area contributed by atoms with Gasteiger partial charge in [0.1, 0.15) is 5.75 Å². The lowest BCUT2D eigenvalue weighted by atomic mass is 10.1. The molecule has 0 fully saturated rings. The van der Waals surface area contributed by atoms with Crippen molar-refractivity contribution in [2.75, 3.05) is 32.6 Å². The van der Waals surface area contributed by atoms with E-state index in [0.29, 0.717) is 6.04 Å². The average molecular weight is 236 g/mol. The number of anilines is 1. The predicted molar refractivity (Wildman–Crippen MR) is 74.0 cm³/mol. The molecule has 0 bridgehead atoms. The van der Waals surface area contributed by atoms with Gasteiger partial charge in [-0.25, -0.2) is 0 Å². The van der Waals surface area contributed by atoms with Crippen LogP contribution >= 0.6 is 0 Å². The zero-order valence-electron chi connectivity index (χ0n) is 11.4. The highest BCUT2D eigenvalue weighted by atomic mass is 16.5. The van der Waals surface area contributed by atoms with Gasteiger partial charge in [0.05, 0.1) is 7.11 Å². The fourth-order valence-corrected chi connectivity index (χ4v) is 1.96. The van der Waals surface area contributed by atoms with Crippen molar-refractivity contribution in [3.8, 4) is 5.75 Å². The van der Waals surface area contributed by atoms with Gasteiger partial charge in [0, 0.05) is 31.4 Å². The Labute approximate surface area is 105 Å². The molecule has 1 rings (SSSR count). The van der Waals surface area contributed by atoms with Crippen LogP contribution in [0.5, 0.6) is 5.75 Å². The van der Waals surface area contributed by atoms with Crippen LogP contribution in [0.2, 0.25) is 0 Å². The van der Waals surface area contributed by atoms with Crippen molar-refractivity contribution in [1.82, 2.24) is 5.32 Å². The fourth-order valence-electron chi connectivity index (χ4n) is 1.96. The largest absolute Gasteiger partial charge is 0.497 e. The van der Waals surface area contributed by atoms with Gasteiger partial charge in [-0.15, -0.1) is 0 Å². The Hall–Kier alpha value is -1.22. The first-order chi connectivity index (χ1) is 8.21. The molecule has 0 aliphatic carbocycles. The number of nitrogens with zero attached hydrogens (tertiary/aromatic N) is 1. The average Bonchev–Trinajstić information content (AvgIpc) is 2.38. The molecular formula is C14H24N2O. The van der Waals surface area contributed by atoms with E-state index in [-0.39, 0.29) is 0 Å². The second-order valence-electron chi connectivity index (χ2n) is 4.36. The number of rotatable bonds is 7. The monoisotopic (exact) mass is 236 g/mol. The molecule has 0 saturated heterocycles. The molecule has 1 atom stereocenters. The maximum Gasteiger partial charge on any atom is 0.120 e. The van der Waals surface area contributed by atoms with Gasteiger partial charge in [-0.3, -0.25) is 0 Å². The summed E-state index contributed by atoms with van der Waals surface area (Å²) in [4.78, 5) is 2.26. The Morgan fingerprint density at radius 1 is 1.41 bits per heavy atom. The second kappa shape index (κ2) is 7.17. The van der Waals surface area contributed by atoms with Crippen LogP contribution < -0.4 is 15.0 Å². The summed E-state index contributed by atoms with van der Waals surface area (Å²) in [6.07, 6.45) is 2.41. The van der Waals surface area contributed by atoms with Crippen LogP contribution in [-0.2, 0) is 0 Å². The number of hydrogen-bond acceptors (Lipinski definition) is 3. The molecule has 0 aromatic heterocycles. The number of benzene rings is 1. The lowest BCUT2D eigenvalue weighted by molar-refractivity contribution is 0.414. The lowest BCUT2D eigenvalue weighted by Crippen LogP contribution is -2.37. The number of hydrogen-bond donors (Lipinski definition) is 1. The van der Waals surface area contributed by atoms with Gasteiger partial charge >= 0.3 is 0 Å². The summed E-state index contributed by atoms with van der Waals surface area (Å²) in [5.74, 6) is 0.908. The van der Waals surface area contributed by atoms with Gasteiger partial charge in [0.2, 0.25) is 0 Å². The molecular weight excluding hydrogens is 212 g/mol. The van der Waals surface area contributed by atoms with E-state index >= 15 is 0 Å². The molecule has 0 radical (unpaired) electrons. The summed E-state index contributed by atoms with van der Waals surface area (Å²) in [5.41, 5.74) is 1.20. The quantitative estimate of drug-likeness (QED) is 0.787. The maximum absolute atomic E-state index is 5.24. The van der Waals surface area contributed by atoms with E-state index < -0.39 is 0 Å². The highest BCUT2D eigenvalue weighted by molar-refractivity contribution is 5.50. The Balaban J connectivity index is 2.64. The predicted octanol–water partition coefficient (Wildman–Crippen LogP) is 2.52. The highest BCUT2D eigenvalue weighted by Gasteiger charge is 2.09. The summed E-state index contributed by atoms with van der Waals surface area (Å²) < 4.78 is 5.24. The van der Waals surface area contributed by atoms with Crippen molar-refractivity contribution in [3.63, 3.8) is 0 Å². The summed E-state index contributed by atoms with van der Waals surface area (Å²) in [6, 6.07) is 8.72. The van der Waals surface area contributed by atoms with Crippen LogP contribution in [0.4, 0.5) is 5.69 Å². The van der Waals surface area contributed by atoms with Crippen molar-refractivity contribution in [2.24, 2.45) is 0 Å². The minimum Gasteiger partial charge on any atom is -0.497 e. The molecule has 0 saturated carbocycles. The van der Waals surface area contributed by atoms with Gasteiger partial charge in [-0.1, -0.05) is 19.4 Å². The smallest absolute Gasteiger partial charge is 0.120 e. The number of likely N-dealkylation sites (N-methyl/N-ethyl adjacent to an activating group) is 2. The van der Waals surface area contributed by atoms with Crippen molar-refractivity contribution >= 4 is 5.69 Å². The molecule has 1 aromatic carbocycles. The van der Waals surface area contributed by atoms with Crippen LogP contribution in [0.3, 0.4) is 0 Å². The summed E-state index contributed by atoms with van der Waals surface area (Å²) in [5, 5.41) is 3.36. The molecule has 3 heteroatoms. The summed E-state index contributed by atoms with van der Waals surface area (Å²) >= 11 is 0. The number of methoxy groups -OCH3 is 1. The minimum absolute atomic E-state index is 0.538. The molecule has 1 N–H and O–H groups in total. The SMILES string of the molecule is CCCC(CN(C)c1cccc(OC)c1)NC. The van der Waals surface area contributed by atoms with Gasteiger partial charge < -0.3 is 15.0 Å². The van der Waals surface area contributed by atoms with Gasteiger partial charge in [0.25, 0.3) is 0 Å². The first-order valence-corrected chi connectivity index (χ1v) is 6.23. The van der Waals surface area contributed by atoms with Crippen molar-refractivity contribution in [2.45, 2.75) is 25.8 Å². The Kier molecular flexibility index (Phi) is 5.84. The molecule has 0 aliphatic heterocycles. The van der Waals surface area contributed by atoms with Crippen LogP contribution in [0, 0.1) is 0 Å². The third-order valence-corrected chi connectivity index (χ3v) is 3.03. The molecule has 1 aromatic rings. The maximum atomic E-state index is 5.24. The minimum atomic E-state index is 0.538. The molecule has 0 aliphatic rings. The van der Waals surface area contributed by atoms with Crippen LogP contribution in [-0.4, -0.2) is 33.8 Å². The third-order valence-electron chi connectivity index (χ3n) is 3.03. The highest BCUT2D eigenvalue weighted by Crippen LogP contribution is 2.20. The Morgan fingerprint density at radius 2 is 2.18 bits per heavy atom. The topological polar surface area (TPSA) is 24.5 Å². The van der Waals surface area contributed by atoms with E-state index in [1.165, 1.54) is 18.5 Å². The third kappa shape index (κ3) is 4.27. The molecule has 0 heterocycles. The zero-order valence-corrected chi connectivity index (χ0v) is 11.4. The Bertz CT molecular complexity index is 328. The zero-order chi connectivity index (χ0) is 12.7. The molecule has 0 amide bonds. The van der Waals surface area contributed by atoms with E-state index in [0.717, 1.165) is 12.3 Å². The molecule has 17 heavy (non-hydrogen) atoms. The van der Waals surface area contributed by atoms with Gasteiger partial charge in [-0.05, 0) is 25.6 Å². The van der Waals surface area contributed by atoms with Crippen LogP contribution in [0.1, 0.15) is 19.8 Å². The van der Waals surface area contributed by atoms with E-state index in [2.05, 4.69) is 36.3 Å². The molecule has 3 nitrogen and oxygen atoms in total. The van der Waals surface area contributed by atoms with Crippen LogP contribution in [0.25, 0.3) is 0 Å².